The van der Waals surface area contributed by atoms with Crippen LogP contribution in [0, 0.1) is 12.3 Å². The lowest BCUT2D eigenvalue weighted by atomic mass is 10.2. The van der Waals surface area contributed by atoms with Gasteiger partial charge in [0.2, 0.25) is 11.8 Å². The first kappa shape index (κ1) is 19.9. The molecule has 1 N–H and O–H groups in total. The Morgan fingerprint density at radius 2 is 2.07 bits per heavy atom. The maximum atomic E-state index is 12.3. The molecule has 2 amide bonds. The minimum Gasteiger partial charge on any atom is -0.336 e. The molecule has 0 spiro atoms. The quantitative estimate of drug-likeness (QED) is 0.606. The van der Waals surface area contributed by atoms with Crippen molar-refractivity contribution in [1.29, 1.82) is 0 Å². The van der Waals surface area contributed by atoms with Crippen LogP contribution in [0.2, 0.25) is 0 Å². The lowest BCUT2D eigenvalue weighted by Crippen LogP contribution is -2.36. The molecule has 3 aromatic rings. The summed E-state index contributed by atoms with van der Waals surface area (Å²) < 4.78 is 1.15. The molecule has 0 radical (unpaired) electrons. The average Bonchev–Trinajstić information content (AvgIpc) is 3.10. The Hall–Kier alpha value is -2.82. The molecule has 28 heavy (non-hydrogen) atoms. The number of fused-ring (bicyclic) bond motifs is 1. The third kappa shape index (κ3) is 5.35. The monoisotopic (exact) mass is 409 g/mol. The summed E-state index contributed by atoms with van der Waals surface area (Å²) in [4.78, 5) is 30.4. The van der Waals surface area contributed by atoms with Gasteiger partial charge in [-0.1, -0.05) is 24.1 Å². The summed E-state index contributed by atoms with van der Waals surface area (Å²) in [5.74, 6) is 3.13. The number of nitrogens with one attached hydrogen (secondary N) is 1. The fourth-order valence-corrected chi connectivity index (χ4v) is 4.49. The second-order valence-corrected chi connectivity index (χ2v) is 8.19. The number of carbonyl (C=O) groups is 2. The molecule has 0 fully saturated rings. The van der Waals surface area contributed by atoms with Crippen LogP contribution < -0.4 is 5.32 Å². The predicted molar refractivity (Wildman–Crippen MR) is 116 cm³/mol. The van der Waals surface area contributed by atoms with E-state index in [2.05, 4.69) is 16.2 Å². The summed E-state index contributed by atoms with van der Waals surface area (Å²) in [6.45, 7) is -0.0131. The number of anilines is 1. The molecule has 7 heteroatoms. The molecule has 1 aromatic heterocycles. The van der Waals surface area contributed by atoms with Crippen LogP contribution in [-0.2, 0) is 15.3 Å². The maximum absolute atomic E-state index is 12.3. The van der Waals surface area contributed by atoms with Gasteiger partial charge in [-0.3, -0.25) is 9.59 Å². The standard InChI is InChI=1S/C21H19N3O2S2/c1-3-15-7-6-8-16(11-15)22-19(25)12-24(2)21(26)14-27-13-20-23-17-9-4-5-10-18(17)28-20/h1,4-11H,12-14H2,2H3,(H,22,25). The van der Waals surface area contributed by atoms with E-state index in [1.807, 2.05) is 24.3 Å². The van der Waals surface area contributed by atoms with E-state index in [0.717, 1.165) is 15.2 Å². The van der Waals surface area contributed by atoms with E-state index < -0.39 is 0 Å². The van der Waals surface area contributed by atoms with Crippen molar-refractivity contribution in [3.8, 4) is 12.3 Å². The molecular formula is C21H19N3O2S2. The number of thioether (sulfide) groups is 1. The summed E-state index contributed by atoms with van der Waals surface area (Å²) in [6, 6.07) is 15.0. The van der Waals surface area contributed by atoms with Gasteiger partial charge in [0, 0.05) is 24.1 Å². The van der Waals surface area contributed by atoms with E-state index in [0.29, 0.717) is 22.8 Å². The number of aromatic nitrogens is 1. The molecule has 0 aliphatic heterocycles. The number of para-hydroxylation sites is 1. The molecule has 0 atom stereocenters. The second-order valence-electron chi connectivity index (χ2n) is 6.09. The van der Waals surface area contributed by atoms with Gasteiger partial charge in [-0.2, -0.15) is 0 Å². The summed E-state index contributed by atoms with van der Waals surface area (Å²) in [5, 5.41) is 3.75. The zero-order chi connectivity index (χ0) is 19.9. The van der Waals surface area contributed by atoms with Crippen molar-refractivity contribution < 1.29 is 9.59 Å². The lowest BCUT2D eigenvalue weighted by Gasteiger charge is -2.16. The fourth-order valence-electron chi connectivity index (χ4n) is 2.51. The topological polar surface area (TPSA) is 62.3 Å². The zero-order valence-electron chi connectivity index (χ0n) is 15.3. The molecule has 142 valence electrons. The Kier molecular flexibility index (Phi) is 6.69. The van der Waals surface area contributed by atoms with Crippen LogP contribution in [0.1, 0.15) is 10.6 Å². The van der Waals surface area contributed by atoms with E-state index >= 15 is 0 Å². The van der Waals surface area contributed by atoms with Crippen LogP contribution in [0.25, 0.3) is 10.2 Å². The van der Waals surface area contributed by atoms with Gasteiger partial charge in [-0.25, -0.2) is 4.98 Å². The van der Waals surface area contributed by atoms with Crippen molar-refractivity contribution in [3.05, 3.63) is 59.1 Å². The summed E-state index contributed by atoms with van der Waals surface area (Å²) >= 11 is 3.13. The van der Waals surface area contributed by atoms with Gasteiger partial charge in [0.05, 0.1) is 22.5 Å². The second kappa shape index (κ2) is 9.40. The predicted octanol–water partition coefficient (Wildman–Crippen LogP) is 3.61. The Labute approximate surface area is 172 Å². The molecule has 1 heterocycles. The van der Waals surface area contributed by atoms with E-state index in [9.17, 15) is 9.59 Å². The third-order valence-corrected chi connectivity index (χ3v) is 6.06. The first-order valence-corrected chi connectivity index (χ1v) is 10.5. The number of hydrogen-bond donors (Lipinski definition) is 1. The van der Waals surface area contributed by atoms with Crippen molar-refractivity contribution in [2.75, 3.05) is 24.7 Å². The van der Waals surface area contributed by atoms with Crippen molar-refractivity contribution >= 4 is 50.8 Å². The first-order chi connectivity index (χ1) is 13.5. The fraction of sp³-hybridized carbons (Fsp3) is 0.190. The van der Waals surface area contributed by atoms with Crippen LogP contribution in [0.4, 0.5) is 5.69 Å². The van der Waals surface area contributed by atoms with Gasteiger partial charge < -0.3 is 10.2 Å². The Balaban J connectivity index is 1.44. The van der Waals surface area contributed by atoms with Crippen LogP contribution in [0.3, 0.4) is 0 Å². The molecule has 0 bridgehead atoms. The summed E-state index contributed by atoms with van der Waals surface area (Å²) in [5.41, 5.74) is 2.29. The van der Waals surface area contributed by atoms with Crippen molar-refractivity contribution in [2.24, 2.45) is 0 Å². The Bertz CT molecular complexity index is 1010. The zero-order valence-corrected chi connectivity index (χ0v) is 17.0. The van der Waals surface area contributed by atoms with Gasteiger partial charge in [-0.15, -0.1) is 29.5 Å². The third-order valence-electron chi connectivity index (χ3n) is 3.91. The SMILES string of the molecule is C#Cc1cccc(NC(=O)CN(C)C(=O)CSCc2nc3ccccc3s2)c1. The van der Waals surface area contributed by atoms with E-state index in [-0.39, 0.29) is 18.4 Å². The molecule has 5 nitrogen and oxygen atoms in total. The molecule has 0 aliphatic carbocycles. The average molecular weight is 410 g/mol. The van der Waals surface area contributed by atoms with Crippen molar-refractivity contribution in [2.45, 2.75) is 5.75 Å². The molecule has 0 unspecified atom stereocenters. The van der Waals surface area contributed by atoms with Gasteiger partial charge in [0.1, 0.15) is 5.01 Å². The van der Waals surface area contributed by atoms with E-state index in [4.69, 9.17) is 6.42 Å². The molecule has 0 saturated carbocycles. The van der Waals surface area contributed by atoms with Crippen molar-refractivity contribution in [1.82, 2.24) is 9.88 Å². The molecule has 2 aromatic carbocycles. The Morgan fingerprint density at radius 1 is 1.25 bits per heavy atom. The highest BCUT2D eigenvalue weighted by Crippen LogP contribution is 2.24. The highest BCUT2D eigenvalue weighted by molar-refractivity contribution is 7.99. The van der Waals surface area contributed by atoms with Crippen LogP contribution in [0.15, 0.2) is 48.5 Å². The number of amides is 2. The lowest BCUT2D eigenvalue weighted by molar-refractivity contribution is -0.131. The minimum atomic E-state index is -0.263. The number of benzene rings is 2. The number of thiazole rings is 1. The number of terminal acetylenes is 1. The molecular weight excluding hydrogens is 390 g/mol. The maximum Gasteiger partial charge on any atom is 0.243 e. The van der Waals surface area contributed by atoms with Crippen LogP contribution >= 0.6 is 23.1 Å². The number of rotatable bonds is 7. The number of hydrogen-bond acceptors (Lipinski definition) is 5. The van der Waals surface area contributed by atoms with Crippen LogP contribution in [-0.4, -0.2) is 41.0 Å². The molecule has 3 rings (SSSR count). The van der Waals surface area contributed by atoms with Crippen LogP contribution in [0.5, 0.6) is 0 Å². The minimum absolute atomic E-state index is 0.0131. The van der Waals surface area contributed by atoms with E-state index in [1.54, 1.807) is 42.6 Å². The Morgan fingerprint density at radius 3 is 2.86 bits per heavy atom. The highest BCUT2D eigenvalue weighted by atomic mass is 32.2. The first-order valence-electron chi connectivity index (χ1n) is 8.58. The van der Waals surface area contributed by atoms with Gasteiger partial charge in [0.15, 0.2) is 0 Å². The number of carbonyl (C=O) groups excluding carboxylic acids is 2. The molecule has 0 aliphatic rings. The molecule has 0 saturated heterocycles. The van der Waals surface area contributed by atoms with Crippen molar-refractivity contribution in [3.63, 3.8) is 0 Å². The van der Waals surface area contributed by atoms with Gasteiger partial charge in [-0.05, 0) is 30.3 Å². The number of nitrogens with zero attached hydrogens (tertiary/aromatic N) is 2. The normalized spacial score (nSPS) is 10.4. The number of likely N-dealkylation sites (N-methyl/N-ethyl adjacent to an activating group) is 1. The largest absolute Gasteiger partial charge is 0.336 e. The summed E-state index contributed by atoms with van der Waals surface area (Å²) in [7, 11) is 1.62. The van der Waals surface area contributed by atoms with Gasteiger partial charge in [0.25, 0.3) is 0 Å². The van der Waals surface area contributed by atoms with E-state index in [1.165, 1.54) is 16.7 Å². The highest BCUT2D eigenvalue weighted by Gasteiger charge is 2.14. The smallest absolute Gasteiger partial charge is 0.243 e. The summed E-state index contributed by atoms with van der Waals surface area (Å²) in [6.07, 6.45) is 5.36. The van der Waals surface area contributed by atoms with Gasteiger partial charge >= 0.3 is 0 Å².